The highest BCUT2D eigenvalue weighted by molar-refractivity contribution is 5.73. The van der Waals surface area contributed by atoms with Gasteiger partial charge in [0.2, 0.25) is 0 Å². The van der Waals surface area contributed by atoms with E-state index in [0.717, 1.165) is 0 Å². The Morgan fingerprint density at radius 3 is 1.46 bits per heavy atom. The fourth-order valence-electron chi connectivity index (χ4n) is 1.78. The van der Waals surface area contributed by atoms with E-state index < -0.39 is 23.6 Å². The summed E-state index contributed by atoms with van der Waals surface area (Å²) in [6, 6.07) is 0. The fourth-order valence-corrected chi connectivity index (χ4v) is 1.78. The van der Waals surface area contributed by atoms with Crippen LogP contribution in [-0.2, 0) is 32.3 Å². The van der Waals surface area contributed by atoms with Crippen LogP contribution in [0, 0.1) is 13.8 Å². The Bertz CT molecular complexity index is 830. The summed E-state index contributed by atoms with van der Waals surface area (Å²) in [7, 11) is 0. The van der Waals surface area contributed by atoms with Gasteiger partial charge in [-0.25, -0.2) is 9.59 Å². The van der Waals surface area contributed by atoms with Gasteiger partial charge >= 0.3 is 23.6 Å². The highest BCUT2D eigenvalue weighted by Crippen LogP contribution is 2.08. The molecular weight excluding hydrogens is 352 g/mol. The predicted octanol–water partition coefficient (Wildman–Crippen LogP) is 1.52. The standard InChI is InChI=1S/C16H16O10/c1-9-11(25-15(19)23-9)7-21-13(17)5-3-4-6-14(18)22-8-12-10(2)24-16(20)26-12/h3-4H,5-8H2,1-2H3/b4-3+. The highest BCUT2D eigenvalue weighted by Gasteiger charge is 2.12. The van der Waals surface area contributed by atoms with Gasteiger partial charge in [-0.1, -0.05) is 12.2 Å². The van der Waals surface area contributed by atoms with Crippen molar-refractivity contribution in [1.29, 1.82) is 0 Å². The zero-order valence-corrected chi connectivity index (χ0v) is 14.1. The molecule has 0 N–H and O–H groups in total. The van der Waals surface area contributed by atoms with Crippen LogP contribution in [0.1, 0.15) is 35.9 Å². The molecule has 0 aromatic carbocycles. The molecule has 10 heteroatoms. The molecule has 0 saturated heterocycles. The van der Waals surface area contributed by atoms with Gasteiger partial charge in [0.05, 0.1) is 12.8 Å². The summed E-state index contributed by atoms with van der Waals surface area (Å²) in [4.78, 5) is 44.8. The molecule has 0 aliphatic heterocycles. The van der Waals surface area contributed by atoms with Crippen molar-refractivity contribution in [3.05, 3.63) is 56.4 Å². The SMILES string of the molecule is Cc1oc(=O)oc1COC(=O)C/C=C/CC(=O)OCc1oc(=O)oc1C. The lowest BCUT2D eigenvalue weighted by atomic mass is 10.3. The lowest BCUT2D eigenvalue weighted by Gasteiger charge is -2.01. The number of esters is 2. The quantitative estimate of drug-likeness (QED) is 0.497. The Hall–Kier alpha value is -3.30. The van der Waals surface area contributed by atoms with Gasteiger partial charge in [-0.3, -0.25) is 9.59 Å². The molecule has 2 rings (SSSR count). The van der Waals surface area contributed by atoms with E-state index in [1.807, 2.05) is 0 Å². The van der Waals surface area contributed by atoms with Crippen molar-refractivity contribution >= 4 is 11.9 Å². The summed E-state index contributed by atoms with van der Waals surface area (Å²) in [5.74, 6) is -2.13. The summed E-state index contributed by atoms with van der Waals surface area (Å²) in [5, 5.41) is 0. The van der Waals surface area contributed by atoms with Crippen LogP contribution in [0.4, 0.5) is 0 Å². The molecule has 0 radical (unpaired) electrons. The number of hydrogen-bond acceptors (Lipinski definition) is 10. The van der Waals surface area contributed by atoms with Crippen molar-refractivity contribution in [3.63, 3.8) is 0 Å². The molecule has 0 amide bonds. The van der Waals surface area contributed by atoms with E-state index in [-0.39, 0.29) is 49.1 Å². The van der Waals surface area contributed by atoms with Crippen molar-refractivity contribution in [2.75, 3.05) is 0 Å². The van der Waals surface area contributed by atoms with Crippen molar-refractivity contribution in [2.45, 2.75) is 39.9 Å². The van der Waals surface area contributed by atoms with Gasteiger partial charge in [-0.2, -0.15) is 0 Å². The molecule has 0 aliphatic carbocycles. The number of carbonyl (C=O) groups is 2. The lowest BCUT2D eigenvalue weighted by Crippen LogP contribution is -2.04. The summed E-state index contributed by atoms with van der Waals surface area (Å²) < 4.78 is 28.4. The summed E-state index contributed by atoms with van der Waals surface area (Å²) in [6.07, 6.45) is 2.71. The molecule has 0 saturated carbocycles. The van der Waals surface area contributed by atoms with Crippen molar-refractivity contribution in [3.8, 4) is 0 Å². The van der Waals surface area contributed by atoms with E-state index in [1.165, 1.54) is 26.0 Å². The second kappa shape index (κ2) is 8.70. The minimum Gasteiger partial charge on any atom is -0.457 e. The smallest absolute Gasteiger partial charge is 0.457 e. The Morgan fingerprint density at radius 2 is 1.15 bits per heavy atom. The van der Waals surface area contributed by atoms with Gasteiger partial charge in [0, 0.05) is 0 Å². The zero-order chi connectivity index (χ0) is 19.1. The second-order valence-corrected chi connectivity index (χ2v) is 5.07. The minimum absolute atomic E-state index is 0.0792. The first-order valence-electron chi connectivity index (χ1n) is 7.50. The van der Waals surface area contributed by atoms with Gasteiger partial charge < -0.3 is 27.1 Å². The first-order valence-corrected chi connectivity index (χ1v) is 7.50. The van der Waals surface area contributed by atoms with Crippen LogP contribution in [0.15, 0.2) is 39.4 Å². The topological polar surface area (TPSA) is 139 Å². The Labute approximate surface area is 146 Å². The molecule has 2 aromatic heterocycles. The molecule has 2 aromatic rings. The van der Waals surface area contributed by atoms with Crippen molar-refractivity contribution < 1.29 is 36.7 Å². The molecule has 10 nitrogen and oxygen atoms in total. The van der Waals surface area contributed by atoms with E-state index in [1.54, 1.807) is 0 Å². The van der Waals surface area contributed by atoms with Crippen LogP contribution in [0.2, 0.25) is 0 Å². The number of ether oxygens (including phenoxy) is 2. The van der Waals surface area contributed by atoms with Crippen LogP contribution in [0.25, 0.3) is 0 Å². The molecule has 0 atom stereocenters. The maximum Gasteiger partial charge on any atom is 0.519 e. The molecule has 0 spiro atoms. The number of rotatable bonds is 8. The molecule has 0 bridgehead atoms. The normalized spacial score (nSPS) is 11.0. The second-order valence-electron chi connectivity index (χ2n) is 5.07. The molecule has 0 aliphatic rings. The Morgan fingerprint density at radius 1 is 0.769 bits per heavy atom. The molecule has 26 heavy (non-hydrogen) atoms. The van der Waals surface area contributed by atoms with E-state index in [9.17, 15) is 19.2 Å². The van der Waals surface area contributed by atoms with E-state index >= 15 is 0 Å². The van der Waals surface area contributed by atoms with E-state index in [0.29, 0.717) is 0 Å². The van der Waals surface area contributed by atoms with Crippen LogP contribution in [0.3, 0.4) is 0 Å². The Kier molecular flexibility index (Phi) is 6.36. The van der Waals surface area contributed by atoms with Gasteiger partial charge in [-0.15, -0.1) is 0 Å². The van der Waals surface area contributed by atoms with Crippen molar-refractivity contribution in [1.82, 2.24) is 0 Å². The first kappa shape index (κ1) is 19.0. The summed E-state index contributed by atoms with van der Waals surface area (Å²) >= 11 is 0. The average molecular weight is 368 g/mol. The van der Waals surface area contributed by atoms with Crippen molar-refractivity contribution in [2.24, 2.45) is 0 Å². The number of aryl methyl sites for hydroxylation is 2. The molecule has 140 valence electrons. The molecule has 2 heterocycles. The Balaban J connectivity index is 1.66. The maximum atomic E-state index is 11.5. The van der Waals surface area contributed by atoms with Crippen LogP contribution >= 0.6 is 0 Å². The lowest BCUT2D eigenvalue weighted by molar-refractivity contribution is -0.145. The van der Waals surface area contributed by atoms with Crippen LogP contribution in [-0.4, -0.2) is 11.9 Å². The number of carbonyl (C=O) groups excluding carboxylic acids is 2. The summed E-state index contributed by atoms with van der Waals surface area (Å²) in [6.45, 7) is 2.58. The molecule has 0 unspecified atom stereocenters. The monoisotopic (exact) mass is 368 g/mol. The van der Waals surface area contributed by atoms with Gasteiger partial charge in [0.15, 0.2) is 36.3 Å². The van der Waals surface area contributed by atoms with Gasteiger partial charge in [-0.05, 0) is 13.8 Å². The highest BCUT2D eigenvalue weighted by atomic mass is 16.6. The molecular formula is C16H16O10. The van der Waals surface area contributed by atoms with E-state index in [4.69, 9.17) is 9.47 Å². The maximum absolute atomic E-state index is 11.5. The fraction of sp³-hybridized carbons (Fsp3) is 0.375. The van der Waals surface area contributed by atoms with Crippen LogP contribution in [0.5, 0.6) is 0 Å². The average Bonchev–Trinajstić information content (AvgIpc) is 3.07. The first-order chi connectivity index (χ1) is 12.3. The zero-order valence-electron chi connectivity index (χ0n) is 14.1. The van der Waals surface area contributed by atoms with Crippen LogP contribution < -0.4 is 11.6 Å². The largest absolute Gasteiger partial charge is 0.519 e. The van der Waals surface area contributed by atoms with Gasteiger partial charge in [0.1, 0.15) is 0 Å². The third-order valence-electron chi connectivity index (χ3n) is 3.14. The molecule has 0 fully saturated rings. The van der Waals surface area contributed by atoms with Gasteiger partial charge in [0.25, 0.3) is 0 Å². The van der Waals surface area contributed by atoms with E-state index in [2.05, 4.69) is 17.7 Å². The third kappa shape index (κ3) is 5.65. The predicted molar refractivity (Wildman–Crippen MR) is 81.9 cm³/mol. The summed E-state index contributed by atoms with van der Waals surface area (Å²) in [5.41, 5.74) is 0. The third-order valence-corrected chi connectivity index (χ3v) is 3.14. The minimum atomic E-state index is -0.864. The number of hydrogen-bond donors (Lipinski definition) is 0.